The van der Waals surface area contributed by atoms with Crippen LogP contribution in [0.25, 0.3) is 0 Å². The molecule has 0 bridgehead atoms. The average Bonchev–Trinajstić information content (AvgIpc) is 2.89. The van der Waals surface area contributed by atoms with Crippen LogP contribution in [0.4, 0.5) is 0 Å². The van der Waals surface area contributed by atoms with Crippen molar-refractivity contribution >= 4 is 27.5 Å². The van der Waals surface area contributed by atoms with E-state index >= 15 is 0 Å². The van der Waals surface area contributed by atoms with Gasteiger partial charge in [-0.15, -0.1) is 0 Å². The van der Waals surface area contributed by atoms with E-state index in [9.17, 15) is 18.3 Å². The standard InChI is InChI=1S/C28H37ClN2O6S/c1-20-15-25(36-3)16-21(2)27(20)38(34,35)31-12-4-5-22(17-31)18-37-19-26(32)30-13-10-28(33,11-14-30)23-6-8-24(29)9-7-23/h6-9,15-16,22,33H,4-5,10-14,17-19H2,1-3H3. The van der Waals surface area contributed by atoms with E-state index in [-0.39, 0.29) is 18.4 Å². The van der Waals surface area contributed by atoms with Crippen molar-refractivity contribution in [2.45, 2.75) is 50.0 Å². The van der Waals surface area contributed by atoms with Crippen LogP contribution in [-0.2, 0) is 25.2 Å². The van der Waals surface area contributed by atoms with Crippen LogP contribution in [0.2, 0.25) is 5.02 Å². The second kappa shape index (κ2) is 11.9. The van der Waals surface area contributed by atoms with Gasteiger partial charge in [-0.05, 0) is 86.4 Å². The molecule has 1 N–H and O–H groups in total. The topological polar surface area (TPSA) is 96.4 Å². The molecule has 2 aromatic carbocycles. The molecule has 38 heavy (non-hydrogen) atoms. The van der Waals surface area contributed by atoms with Crippen LogP contribution >= 0.6 is 11.6 Å². The molecule has 1 amide bonds. The summed E-state index contributed by atoms with van der Waals surface area (Å²) in [7, 11) is -2.10. The molecule has 2 aliphatic heterocycles. The molecule has 2 aliphatic rings. The lowest BCUT2D eigenvalue weighted by Crippen LogP contribution is -2.46. The largest absolute Gasteiger partial charge is 0.497 e. The van der Waals surface area contributed by atoms with Crippen molar-refractivity contribution in [3.05, 3.63) is 58.1 Å². The molecule has 0 aliphatic carbocycles. The normalized spacial score (nSPS) is 20.3. The van der Waals surface area contributed by atoms with Crippen LogP contribution in [-0.4, -0.2) is 75.1 Å². The number of rotatable bonds is 8. The molecule has 1 atom stereocenters. The van der Waals surface area contributed by atoms with Gasteiger partial charge in [0.2, 0.25) is 15.9 Å². The summed E-state index contributed by atoms with van der Waals surface area (Å²) in [5, 5.41) is 11.7. The number of carbonyl (C=O) groups is 1. The molecule has 1 unspecified atom stereocenters. The zero-order valence-corrected chi connectivity index (χ0v) is 23.9. The van der Waals surface area contributed by atoms with Crippen LogP contribution in [0.15, 0.2) is 41.3 Å². The first kappa shape index (κ1) is 28.8. The lowest BCUT2D eigenvalue weighted by atomic mass is 9.84. The Balaban J connectivity index is 1.28. The van der Waals surface area contributed by atoms with Gasteiger partial charge >= 0.3 is 0 Å². The first-order chi connectivity index (χ1) is 18.0. The third-order valence-electron chi connectivity index (χ3n) is 7.65. The lowest BCUT2D eigenvalue weighted by Gasteiger charge is -2.38. The number of carbonyl (C=O) groups excluding carboxylic acids is 1. The van der Waals surface area contributed by atoms with Crippen molar-refractivity contribution in [2.75, 3.05) is 46.5 Å². The van der Waals surface area contributed by atoms with Gasteiger partial charge in [0, 0.05) is 31.2 Å². The molecule has 4 rings (SSSR count). The second-order valence-corrected chi connectivity index (χ2v) is 12.7. The summed E-state index contributed by atoms with van der Waals surface area (Å²) in [6.07, 6.45) is 2.48. The van der Waals surface area contributed by atoms with E-state index in [0.717, 1.165) is 18.4 Å². The highest BCUT2D eigenvalue weighted by atomic mass is 35.5. The molecule has 10 heteroatoms. The predicted molar refractivity (Wildman–Crippen MR) is 146 cm³/mol. The third-order valence-corrected chi connectivity index (χ3v) is 10.1. The van der Waals surface area contributed by atoms with Crippen molar-refractivity contribution in [3.8, 4) is 5.75 Å². The van der Waals surface area contributed by atoms with Gasteiger partial charge < -0.3 is 19.5 Å². The lowest BCUT2D eigenvalue weighted by molar-refractivity contribution is -0.141. The molecule has 0 radical (unpaired) electrons. The summed E-state index contributed by atoms with van der Waals surface area (Å²) in [6, 6.07) is 10.7. The van der Waals surface area contributed by atoms with Gasteiger partial charge in [-0.3, -0.25) is 4.79 Å². The predicted octanol–water partition coefficient (Wildman–Crippen LogP) is 3.89. The fourth-order valence-electron chi connectivity index (χ4n) is 5.52. The van der Waals surface area contributed by atoms with Crippen LogP contribution in [0.5, 0.6) is 5.75 Å². The Morgan fingerprint density at radius 3 is 2.34 bits per heavy atom. The number of methoxy groups -OCH3 is 1. The summed E-state index contributed by atoms with van der Waals surface area (Å²) < 4.78 is 39.6. The zero-order chi connectivity index (χ0) is 27.5. The van der Waals surface area contributed by atoms with Crippen LogP contribution in [0, 0.1) is 19.8 Å². The Labute approximate surface area is 230 Å². The molecular weight excluding hydrogens is 528 g/mol. The smallest absolute Gasteiger partial charge is 0.248 e. The molecule has 208 valence electrons. The van der Waals surface area contributed by atoms with Gasteiger partial charge in [0.15, 0.2) is 0 Å². The molecule has 2 aromatic rings. The minimum atomic E-state index is -3.66. The number of halogens is 1. The van der Waals surface area contributed by atoms with Gasteiger partial charge in [-0.25, -0.2) is 8.42 Å². The Hall–Kier alpha value is -2.17. The molecule has 2 fully saturated rings. The van der Waals surface area contributed by atoms with E-state index < -0.39 is 15.6 Å². The monoisotopic (exact) mass is 564 g/mol. The van der Waals surface area contributed by atoms with Gasteiger partial charge in [0.25, 0.3) is 0 Å². The maximum Gasteiger partial charge on any atom is 0.248 e. The summed E-state index contributed by atoms with van der Waals surface area (Å²) in [4.78, 5) is 14.8. The third kappa shape index (κ3) is 6.34. The number of likely N-dealkylation sites (tertiary alicyclic amines) is 1. The van der Waals surface area contributed by atoms with E-state index in [2.05, 4.69) is 0 Å². The quantitative estimate of drug-likeness (QED) is 0.522. The van der Waals surface area contributed by atoms with Gasteiger partial charge in [-0.1, -0.05) is 23.7 Å². The molecule has 2 heterocycles. The van der Waals surface area contributed by atoms with Crippen molar-refractivity contribution in [1.29, 1.82) is 0 Å². The molecule has 2 saturated heterocycles. The molecule has 0 aromatic heterocycles. The van der Waals surface area contributed by atoms with E-state index in [1.807, 2.05) is 12.1 Å². The first-order valence-corrected chi connectivity index (χ1v) is 14.8. The minimum Gasteiger partial charge on any atom is -0.497 e. The fraction of sp³-hybridized carbons (Fsp3) is 0.536. The number of hydrogen-bond donors (Lipinski definition) is 1. The van der Waals surface area contributed by atoms with Crippen molar-refractivity contribution in [1.82, 2.24) is 9.21 Å². The Kier molecular flexibility index (Phi) is 9.04. The Morgan fingerprint density at radius 1 is 1.11 bits per heavy atom. The van der Waals surface area contributed by atoms with Crippen LogP contribution in [0.1, 0.15) is 42.4 Å². The van der Waals surface area contributed by atoms with E-state index in [1.165, 1.54) is 4.31 Å². The van der Waals surface area contributed by atoms with Crippen molar-refractivity contribution in [2.24, 2.45) is 5.92 Å². The number of hydrogen-bond acceptors (Lipinski definition) is 6. The number of sulfonamides is 1. The van der Waals surface area contributed by atoms with Crippen LogP contribution in [0.3, 0.4) is 0 Å². The first-order valence-electron chi connectivity index (χ1n) is 13.0. The van der Waals surface area contributed by atoms with Crippen molar-refractivity contribution in [3.63, 3.8) is 0 Å². The van der Waals surface area contributed by atoms with Gasteiger partial charge in [0.05, 0.1) is 24.2 Å². The summed E-state index contributed by atoms with van der Waals surface area (Å²) >= 11 is 5.96. The number of ether oxygens (including phenoxy) is 2. The SMILES string of the molecule is COc1cc(C)c(S(=O)(=O)N2CCCC(COCC(=O)N3CCC(O)(c4ccc(Cl)cc4)CC3)C2)c(C)c1. The van der Waals surface area contributed by atoms with Gasteiger partial charge in [-0.2, -0.15) is 4.31 Å². The number of nitrogens with zero attached hydrogens (tertiary/aromatic N) is 2. The minimum absolute atomic E-state index is 0.0153. The highest BCUT2D eigenvalue weighted by Crippen LogP contribution is 2.34. The average molecular weight is 565 g/mol. The number of benzene rings is 2. The Bertz CT molecular complexity index is 1220. The number of amides is 1. The maximum atomic E-state index is 13.5. The maximum absolute atomic E-state index is 13.5. The van der Waals surface area contributed by atoms with Crippen molar-refractivity contribution < 1.29 is 27.8 Å². The Morgan fingerprint density at radius 2 is 1.74 bits per heavy atom. The van der Waals surface area contributed by atoms with E-state index in [0.29, 0.717) is 72.4 Å². The summed E-state index contributed by atoms with van der Waals surface area (Å²) in [5.41, 5.74) is 1.16. The van der Waals surface area contributed by atoms with E-state index in [4.69, 9.17) is 21.1 Å². The summed E-state index contributed by atoms with van der Waals surface area (Å²) in [6.45, 7) is 5.55. The highest BCUT2D eigenvalue weighted by Gasteiger charge is 2.36. The molecule has 0 spiro atoms. The van der Waals surface area contributed by atoms with Crippen LogP contribution < -0.4 is 4.74 Å². The zero-order valence-electron chi connectivity index (χ0n) is 22.3. The number of aryl methyl sites for hydroxylation is 2. The fourth-order valence-corrected chi connectivity index (χ4v) is 7.62. The number of aliphatic hydroxyl groups is 1. The molecule has 8 nitrogen and oxygen atoms in total. The highest BCUT2D eigenvalue weighted by molar-refractivity contribution is 7.89. The van der Waals surface area contributed by atoms with E-state index in [1.54, 1.807) is 50.1 Å². The van der Waals surface area contributed by atoms with Gasteiger partial charge in [0.1, 0.15) is 12.4 Å². The number of piperidine rings is 2. The molecule has 0 saturated carbocycles. The second-order valence-electron chi connectivity index (χ2n) is 10.4. The molecular formula is C28H37ClN2O6S. The summed E-state index contributed by atoms with van der Waals surface area (Å²) in [5.74, 6) is 0.534.